The van der Waals surface area contributed by atoms with Gasteiger partial charge in [0.2, 0.25) is 0 Å². The smallest absolute Gasteiger partial charge is 0.326 e. The molecule has 0 radical (unpaired) electrons. The van der Waals surface area contributed by atoms with E-state index in [0.717, 1.165) is 9.20 Å². The molecule has 0 aliphatic carbocycles. The van der Waals surface area contributed by atoms with Gasteiger partial charge in [0.05, 0.1) is 17.7 Å². The van der Waals surface area contributed by atoms with Crippen molar-refractivity contribution in [3.8, 4) is 11.5 Å². The monoisotopic (exact) mass is 443 g/mol. The van der Waals surface area contributed by atoms with Crippen molar-refractivity contribution in [2.45, 2.75) is 9.79 Å². The summed E-state index contributed by atoms with van der Waals surface area (Å²) < 4.78 is 38.0. The molecule has 8 heteroatoms. The molecular formula is C22H21NO5S2. The predicted octanol–water partition coefficient (Wildman–Crippen LogP) is 4.57. The van der Waals surface area contributed by atoms with Crippen LogP contribution < -0.4 is 9.04 Å². The maximum absolute atomic E-state index is 13.2. The first-order chi connectivity index (χ1) is 14.4. The van der Waals surface area contributed by atoms with Crippen LogP contribution in [0.2, 0.25) is 0 Å². The van der Waals surface area contributed by atoms with Crippen molar-refractivity contribution >= 4 is 33.4 Å². The van der Waals surface area contributed by atoms with Crippen LogP contribution in [-0.4, -0.2) is 34.3 Å². The number of hydrogen-bond donors (Lipinski definition) is 0. The molecule has 0 N–H and O–H groups in total. The van der Waals surface area contributed by atoms with Gasteiger partial charge < -0.3 is 9.47 Å². The Bertz CT molecular complexity index is 1080. The average Bonchev–Trinajstić information content (AvgIpc) is 2.78. The van der Waals surface area contributed by atoms with Gasteiger partial charge in [0.1, 0.15) is 18.0 Å². The van der Waals surface area contributed by atoms with E-state index >= 15 is 0 Å². The summed E-state index contributed by atoms with van der Waals surface area (Å²) in [5, 5.41) is 0. The number of para-hydroxylation sites is 1. The Labute approximate surface area is 180 Å². The number of nitrogens with zero attached hydrogens (tertiary/aromatic N) is 1. The van der Waals surface area contributed by atoms with E-state index in [1.165, 1.54) is 31.0 Å². The van der Waals surface area contributed by atoms with Gasteiger partial charge in [-0.1, -0.05) is 18.2 Å². The molecule has 0 fully saturated rings. The second kappa shape index (κ2) is 9.69. The van der Waals surface area contributed by atoms with Crippen LogP contribution in [0.5, 0.6) is 11.5 Å². The van der Waals surface area contributed by atoms with Gasteiger partial charge in [-0.15, -0.1) is 11.8 Å². The van der Waals surface area contributed by atoms with Crippen LogP contribution in [0.25, 0.3) is 0 Å². The Hall–Kier alpha value is -2.97. The number of ether oxygens (including phenoxy) is 2. The minimum atomic E-state index is -3.97. The summed E-state index contributed by atoms with van der Waals surface area (Å²) in [6.07, 6.45) is 1.91. The number of benzene rings is 3. The van der Waals surface area contributed by atoms with Crippen LogP contribution >= 0.6 is 11.8 Å². The Balaban J connectivity index is 1.91. The lowest BCUT2D eigenvalue weighted by Gasteiger charge is -2.23. The molecule has 3 rings (SSSR count). The van der Waals surface area contributed by atoms with E-state index in [2.05, 4.69) is 0 Å². The van der Waals surface area contributed by atoms with Crippen molar-refractivity contribution in [3.63, 3.8) is 0 Å². The number of carbonyl (C=O) groups is 1. The van der Waals surface area contributed by atoms with Gasteiger partial charge in [-0.3, -0.25) is 9.10 Å². The van der Waals surface area contributed by atoms with Gasteiger partial charge in [-0.25, -0.2) is 8.42 Å². The molecule has 3 aromatic carbocycles. The summed E-state index contributed by atoms with van der Waals surface area (Å²) in [5.41, 5.74) is 0.328. The minimum Gasteiger partial charge on any atom is -0.468 e. The predicted molar refractivity (Wildman–Crippen MR) is 118 cm³/mol. The van der Waals surface area contributed by atoms with Gasteiger partial charge >= 0.3 is 5.97 Å². The zero-order chi connectivity index (χ0) is 21.6. The van der Waals surface area contributed by atoms with Crippen LogP contribution in [0.3, 0.4) is 0 Å². The molecule has 0 amide bonds. The zero-order valence-corrected chi connectivity index (χ0v) is 18.2. The summed E-state index contributed by atoms with van der Waals surface area (Å²) in [7, 11) is -2.75. The molecule has 0 atom stereocenters. The number of rotatable bonds is 8. The number of sulfonamides is 1. The quantitative estimate of drug-likeness (QED) is 0.375. The fourth-order valence-corrected chi connectivity index (χ4v) is 4.49. The van der Waals surface area contributed by atoms with E-state index in [1.54, 1.807) is 36.4 Å². The standard InChI is InChI=1S/C22H21NO5S2/c1-27-22(24)16-23(30(25,26)21-14-12-20(29-2)13-15-21)17-8-10-19(11-9-17)28-18-6-4-3-5-7-18/h3-15H,16H2,1-2H3. The molecule has 0 aliphatic rings. The first kappa shape index (κ1) is 21.7. The molecule has 0 saturated carbocycles. The number of methoxy groups -OCH3 is 1. The highest BCUT2D eigenvalue weighted by atomic mass is 32.2. The maximum atomic E-state index is 13.2. The molecule has 0 heterocycles. The average molecular weight is 444 g/mol. The first-order valence-electron chi connectivity index (χ1n) is 9.00. The largest absolute Gasteiger partial charge is 0.468 e. The van der Waals surface area contributed by atoms with Crippen LogP contribution in [0.15, 0.2) is 88.7 Å². The van der Waals surface area contributed by atoms with E-state index in [4.69, 9.17) is 9.47 Å². The number of hydrogen-bond acceptors (Lipinski definition) is 6. The van der Waals surface area contributed by atoms with E-state index in [9.17, 15) is 13.2 Å². The number of thioether (sulfide) groups is 1. The Kier molecular flexibility index (Phi) is 7.02. The Morgan fingerprint density at radius 1 is 0.900 bits per heavy atom. The van der Waals surface area contributed by atoms with Crippen LogP contribution in [0.1, 0.15) is 0 Å². The van der Waals surface area contributed by atoms with Gasteiger partial charge in [-0.05, 0) is 66.9 Å². The third kappa shape index (κ3) is 5.14. The molecule has 3 aromatic rings. The summed E-state index contributed by atoms with van der Waals surface area (Å²) >= 11 is 1.51. The molecule has 156 valence electrons. The van der Waals surface area contributed by atoms with E-state index in [-0.39, 0.29) is 4.90 Å². The minimum absolute atomic E-state index is 0.0915. The molecule has 6 nitrogen and oxygen atoms in total. The fourth-order valence-electron chi connectivity index (χ4n) is 2.68. The molecule has 30 heavy (non-hydrogen) atoms. The van der Waals surface area contributed by atoms with Crippen molar-refractivity contribution in [2.75, 3.05) is 24.2 Å². The van der Waals surface area contributed by atoms with Crippen LogP contribution in [-0.2, 0) is 19.6 Å². The molecule has 0 spiro atoms. The Morgan fingerprint density at radius 2 is 1.50 bits per heavy atom. The van der Waals surface area contributed by atoms with Crippen LogP contribution in [0.4, 0.5) is 5.69 Å². The molecule has 0 aliphatic heterocycles. The van der Waals surface area contributed by atoms with Gasteiger partial charge in [-0.2, -0.15) is 0 Å². The third-order valence-corrected chi connectivity index (χ3v) is 6.78. The lowest BCUT2D eigenvalue weighted by atomic mass is 10.3. The molecular weight excluding hydrogens is 422 g/mol. The third-order valence-electron chi connectivity index (χ3n) is 4.25. The lowest BCUT2D eigenvalue weighted by molar-refractivity contribution is -0.138. The van der Waals surface area contributed by atoms with Crippen LogP contribution in [0, 0.1) is 0 Å². The van der Waals surface area contributed by atoms with Gasteiger partial charge in [0.15, 0.2) is 0 Å². The number of carbonyl (C=O) groups excluding carboxylic acids is 1. The van der Waals surface area contributed by atoms with Crippen molar-refractivity contribution < 1.29 is 22.7 Å². The summed E-state index contributed by atoms with van der Waals surface area (Å²) in [6, 6.07) is 22.2. The summed E-state index contributed by atoms with van der Waals surface area (Å²) in [4.78, 5) is 13.0. The van der Waals surface area contributed by atoms with E-state index in [1.807, 2.05) is 36.6 Å². The Morgan fingerprint density at radius 3 is 2.07 bits per heavy atom. The SMILES string of the molecule is COC(=O)CN(c1ccc(Oc2ccccc2)cc1)S(=O)(=O)c1ccc(SC)cc1. The second-order valence-corrected chi connectivity index (χ2v) is 8.91. The topological polar surface area (TPSA) is 72.9 Å². The molecule has 0 saturated heterocycles. The van der Waals surface area contributed by atoms with Gasteiger partial charge in [0.25, 0.3) is 10.0 Å². The molecule has 0 aromatic heterocycles. The van der Waals surface area contributed by atoms with Crippen molar-refractivity contribution in [1.29, 1.82) is 0 Å². The lowest BCUT2D eigenvalue weighted by Crippen LogP contribution is -2.36. The molecule has 0 unspecified atom stereocenters. The van der Waals surface area contributed by atoms with Gasteiger partial charge in [0, 0.05) is 4.90 Å². The zero-order valence-electron chi connectivity index (χ0n) is 16.5. The first-order valence-corrected chi connectivity index (χ1v) is 11.7. The highest BCUT2D eigenvalue weighted by Gasteiger charge is 2.27. The van der Waals surface area contributed by atoms with Crippen molar-refractivity contribution in [2.24, 2.45) is 0 Å². The highest BCUT2D eigenvalue weighted by molar-refractivity contribution is 7.98. The highest BCUT2D eigenvalue weighted by Crippen LogP contribution is 2.28. The van der Waals surface area contributed by atoms with E-state index < -0.39 is 22.5 Å². The summed E-state index contributed by atoms with van der Waals surface area (Å²) in [6.45, 7) is -0.442. The van der Waals surface area contributed by atoms with Crippen molar-refractivity contribution in [3.05, 3.63) is 78.9 Å². The molecule has 0 bridgehead atoms. The number of anilines is 1. The van der Waals surface area contributed by atoms with E-state index in [0.29, 0.717) is 17.2 Å². The fraction of sp³-hybridized carbons (Fsp3) is 0.136. The number of esters is 1. The van der Waals surface area contributed by atoms with Crippen molar-refractivity contribution in [1.82, 2.24) is 0 Å². The normalized spacial score (nSPS) is 11.0. The summed E-state index contributed by atoms with van der Waals surface area (Å²) in [5.74, 6) is 0.548. The maximum Gasteiger partial charge on any atom is 0.326 e. The second-order valence-electron chi connectivity index (χ2n) is 6.17.